The number of aromatic nitrogens is 3. The first-order valence-electron chi connectivity index (χ1n) is 11.7. The maximum atomic E-state index is 13.2. The van der Waals surface area contributed by atoms with Crippen molar-refractivity contribution in [2.24, 2.45) is 7.05 Å². The highest BCUT2D eigenvalue weighted by Crippen LogP contribution is 2.35. The molecule has 0 aliphatic carbocycles. The van der Waals surface area contributed by atoms with Crippen molar-refractivity contribution in [2.75, 3.05) is 12.1 Å². The van der Waals surface area contributed by atoms with Gasteiger partial charge in [-0.3, -0.25) is 14.3 Å². The standard InChI is InChI=1S/C28H25N5O4/c1-17-12-20(18(2)32(17)23-10-11-24-25(14-23)37-16-36-24)13-21(15-29)27(34)30-26-19(3)31(4)33(28(26)35)22-8-6-5-7-9-22/h5-14H,16H2,1-4H3,(H,30,34)/b21-13+. The van der Waals surface area contributed by atoms with E-state index in [-0.39, 0.29) is 23.6 Å². The van der Waals surface area contributed by atoms with E-state index in [0.29, 0.717) is 28.4 Å². The third-order valence-electron chi connectivity index (χ3n) is 6.54. The second kappa shape index (κ2) is 9.24. The van der Waals surface area contributed by atoms with Crippen LogP contribution < -0.4 is 20.3 Å². The molecule has 1 aliphatic heterocycles. The van der Waals surface area contributed by atoms with Gasteiger partial charge in [0.1, 0.15) is 17.3 Å². The molecule has 0 fully saturated rings. The number of anilines is 1. The molecular formula is C28H25N5O4. The smallest absolute Gasteiger partial charge is 0.295 e. The van der Waals surface area contributed by atoms with Gasteiger partial charge in [0, 0.05) is 30.2 Å². The SMILES string of the molecule is Cc1cc(/C=C(\C#N)C(=O)Nc2c(C)n(C)n(-c3ccccc3)c2=O)c(C)n1-c1ccc2c(c1)OCO2. The summed E-state index contributed by atoms with van der Waals surface area (Å²) in [5.41, 5.74) is 4.24. The summed E-state index contributed by atoms with van der Waals surface area (Å²) in [7, 11) is 1.74. The number of rotatable bonds is 5. The number of aryl methyl sites for hydroxylation is 1. The Balaban J connectivity index is 1.47. The van der Waals surface area contributed by atoms with Crippen LogP contribution in [0.4, 0.5) is 5.69 Å². The molecule has 4 aromatic rings. The maximum absolute atomic E-state index is 13.2. The molecule has 0 saturated heterocycles. The van der Waals surface area contributed by atoms with E-state index in [4.69, 9.17) is 9.47 Å². The van der Waals surface area contributed by atoms with Gasteiger partial charge in [-0.2, -0.15) is 5.26 Å². The average molecular weight is 496 g/mol. The summed E-state index contributed by atoms with van der Waals surface area (Å²) in [5, 5.41) is 12.5. The summed E-state index contributed by atoms with van der Waals surface area (Å²) in [4.78, 5) is 26.3. The Morgan fingerprint density at radius 3 is 2.46 bits per heavy atom. The second-order valence-electron chi connectivity index (χ2n) is 8.76. The number of carbonyl (C=O) groups excluding carboxylic acids is 1. The molecule has 3 heterocycles. The van der Waals surface area contributed by atoms with Crippen molar-refractivity contribution in [1.29, 1.82) is 5.26 Å². The van der Waals surface area contributed by atoms with Crippen molar-refractivity contribution < 1.29 is 14.3 Å². The van der Waals surface area contributed by atoms with E-state index in [9.17, 15) is 14.9 Å². The first kappa shape index (κ1) is 23.8. The fourth-order valence-electron chi connectivity index (χ4n) is 4.55. The number of hydrogen-bond acceptors (Lipinski definition) is 5. The molecule has 37 heavy (non-hydrogen) atoms. The summed E-state index contributed by atoms with van der Waals surface area (Å²) < 4.78 is 16.1. The highest BCUT2D eigenvalue weighted by molar-refractivity contribution is 6.10. The molecule has 0 unspecified atom stereocenters. The number of nitrogens with one attached hydrogen (secondary N) is 1. The van der Waals surface area contributed by atoms with Crippen LogP contribution in [0.2, 0.25) is 0 Å². The first-order chi connectivity index (χ1) is 17.8. The number of hydrogen-bond donors (Lipinski definition) is 1. The number of amides is 1. The normalized spacial score (nSPS) is 12.5. The third-order valence-corrected chi connectivity index (χ3v) is 6.54. The average Bonchev–Trinajstić information content (AvgIpc) is 3.53. The fraction of sp³-hybridized carbons (Fsp3) is 0.179. The lowest BCUT2D eigenvalue weighted by molar-refractivity contribution is -0.112. The zero-order valence-electron chi connectivity index (χ0n) is 20.9. The molecule has 0 saturated carbocycles. The second-order valence-corrected chi connectivity index (χ2v) is 8.76. The molecule has 186 valence electrons. The predicted molar refractivity (Wildman–Crippen MR) is 139 cm³/mol. The minimum atomic E-state index is -0.651. The van der Waals surface area contributed by atoms with E-state index in [2.05, 4.69) is 5.32 Å². The minimum Gasteiger partial charge on any atom is -0.454 e. The zero-order valence-corrected chi connectivity index (χ0v) is 20.9. The van der Waals surface area contributed by atoms with Crippen LogP contribution in [0, 0.1) is 32.1 Å². The van der Waals surface area contributed by atoms with Crippen LogP contribution in [0.3, 0.4) is 0 Å². The molecule has 0 atom stereocenters. The van der Waals surface area contributed by atoms with Crippen molar-refractivity contribution in [3.63, 3.8) is 0 Å². The van der Waals surface area contributed by atoms with Crippen molar-refractivity contribution in [3.05, 3.63) is 93.2 Å². The van der Waals surface area contributed by atoms with Crippen LogP contribution in [0.25, 0.3) is 17.5 Å². The number of nitriles is 1. The van der Waals surface area contributed by atoms with Crippen molar-refractivity contribution in [2.45, 2.75) is 20.8 Å². The number of fused-ring (bicyclic) bond motifs is 1. The Hall–Kier alpha value is -4.97. The Morgan fingerprint density at radius 2 is 1.73 bits per heavy atom. The Bertz CT molecular complexity index is 1670. The van der Waals surface area contributed by atoms with Crippen LogP contribution in [-0.4, -0.2) is 26.6 Å². The zero-order chi connectivity index (χ0) is 26.3. The van der Waals surface area contributed by atoms with Crippen LogP contribution in [0.5, 0.6) is 11.5 Å². The van der Waals surface area contributed by atoms with Gasteiger partial charge in [-0.25, -0.2) is 4.68 Å². The van der Waals surface area contributed by atoms with Gasteiger partial charge in [0.05, 0.1) is 11.4 Å². The Morgan fingerprint density at radius 1 is 1.00 bits per heavy atom. The van der Waals surface area contributed by atoms with E-state index >= 15 is 0 Å². The van der Waals surface area contributed by atoms with E-state index in [1.54, 1.807) is 18.7 Å². The maximum Gasteiger partial charge on any atom is 0.295 e. The van der Waals surface area contributed by atoms with Crippen molar-refractivity contribution >= 4 is 17.7 Å². The van der Waals surface area contributed by atoms with E-state index in [0.717, 1.165) is 17.1 Å². The van der Waals surface area contributed by atoms with Crippen LogP contribution in [-0.2, 0) is 11.8 Å². The molecular weight excluding hydrogens is 470 g/mol. The van der Waals surface area contributed by atoms with E-state index in [1.807, 2.05) is 79.1 Å². The predicted octanol–water partition coefficient (Wildman–Crippen LogP) is 4.17. The summed E-state index contributed by atoms with van der Waals surface area (Å²) in [6.45, 7) is 5.79. The van der Waals surface area contributed by atoms with Crippen LogP contribution >= 0.6 is 0 Å². The Labute approximate surface area is 213 Å². The molecule has 1 N–H and O–H groups in total. The van der Waals surface area contributed by atoms with Gasteiger partial charge in [-0.15, -0.1) is 0 Å². The monoisotopic (exact) mass is 495 g/mol. The molecule has 1 amide bonds. The molecule has 0 spiro atoms. The van der Waals surface area contributed by atoms with Gasteiger partial charge < -0.3 is 19.4 Å². The van der Waals surface area contributed by atoms with E-state index in [1.165, 1.54) is 10.8 Å². The lowest BCUT2D eigenvalue weighted by atomic mass is 10.1. The van der Waals surface area contributed by atoms with Crippen LogP contribution in [0.1, 0.15) is 22.6 Å². The molecule has 2 aromatic heterocycles. The fourth-order valence-corrected chi connectivity index (χ4v) is 4.55. The van der Waals surface area contributed by atoms with Crippen molar-refractivity contribution in [1.82, 2.24) is 13.9 Å². The highest BCUT2D eigenvalue weighted by Gasteiger charge is 2.21. The first-order valence-corrected chi connectivity index (χ1v) is 11.7. The summed E-state index contributed by atoms with van der Waals surface area (Å²) in [6.07, 6.45) is 1.54. The van der Waals surface area contributed by atoms with Gasteiger partial charge >= 0.3 is 0 Å². The van der Waals surface area contributed by atoms with Crippen molar-refractivity contribution in [3.8, 4) is 28.9 Å². The molecule has 9 nitrogen and oxygen atoms in total. The topological polar surface area (TPSA) is 103 Å². The summed E-state index contributed by atoms with van der Waals surface area (Å²) in [6, 6.07) is 18.7. The van der Waals surface area contributed by atoms with Gasteiger partial charge in [0.25, 0.3) is 11.5 Å². The van der Waals surface area contributed by atoms with Crippen LogP contribution in [0.15, 0.2) is 65.0 Å². The number of carbonyl (C=O) groups is 1. The Kier molecular flexibility index (Phi) is 5.93. The lowest BCUT2D eigenvalue weighted by Gasteiger charge is -2.10. The summed E-state index contributed by atoms with van der Waals surface area (Å²) in [5.74, 6) is 0.706. The van der Waals surface area contributed by atoms with Gasteiger partial charge in [-0.05, 0) is 62.7 Å². The number of para-hydroxylation sites is 1. The third kappa shape index (κ3) is 4.08. The van der Waals surface area contributed by atoms with Gasteiger partial charge in [-0.1, -0.05) is 18.2 Å². The molecule has 5 rings (SSSR count). The molecule has 2 aromatic carbocycles. The number of nitrogens with zero attached hydrogens (tertiary/aromatic N) is 4. The molecule has 0 radical (unpaired) electrons. The summed E-state index contributed by atoms with van der Waals surface area (Å²) >= 11 is 0. The highest BCUT2D eigenvalue weighted by atomic mass is 16.7. The van der Waals surface area contributed by atoms with Gasteiger partial charge in [0.2, 0.25) is 6.79 Å². The minimum absolute atomic E-state index is 0.111. The number of ether oxygens (including phenoxy) is 2. The lowest BCUT2D eigenvalue weighted by Crippen LogP contribution is -2.23. The number of benzene rings is 2. The van der Waals surface area contributed by atoms with E-state index < -0.39 is 5.91 Å². The molecule has 9 heteroatoms. The molecule has 0 bridgehead atoms. The largest absolute Gasteiger partial charge is 0.454 e. The van der Waals surface area contributed by atoms with Gasteiger partial charge in [0.15, 0.2) is 11.5 Å². The molecule has 1 aliphatic rings. The quantitative estimate of drug-likeness (QED) is 0.331.